The molecule has 1 aliphatic heterocycles. The minimum Gasteiger partial charge on any atom is -0.508 e. The van der Waals surface area contributed by atoms with E-state index in [0.29, 0.717) is 18.9 Å². The summed E-state index contributed by atoms with van der Waals surface area (Å²) >= 11 is 0. The molecule has 1 aromatic carbocycles. The Morgan fingerprint density at radius 2 is 1.71 bits per heavy atom. The minimum atomic E-state index is -4.61. The van der Waals surface area contributed by atoms with Gasteiger partial charge in [0.25, 0.3) is 5.82 Å². The first-order valence-electron chi connectivity index (χ1n) is 8.95. The van der Waals surface area contributed by atoms with Crippen molar-refractivity contribution in [2.45, 2.75) is 26.4 Å². The molecule has 0 saturated carbocycles. The first-order chi connectivity index (χ1) is 13.4. The van der Waals surface area contributed by atoms with Gasteiger partial charge in [-0.25, -0.2) is 0 Å². The van der Waals surface area contributed by atoms with Crippen LogP contribution < -0.4 is 4.90 Å². The number of rotatable bonds is 2. The van der Waals surface area contributed by atoms with Gasteiger partial charge in [0.2, 0.25) is 0 Å². The van der Waals surface area contributed by atoms with E-state index >= 15 is 0 Å². The number of aromatic hydroxyl groups is 1. The van der Waals surface area contributed by atoms with Crippen LogP contribution in [0.5, 0.6) is 5.75 Å². The fourth-order valence-electron chi connectivity index (χ4n) is 2.94. The van der Waals surface area contributed by atoms with Gasteiger partial charge in [0.1, 0.15) is 11.6 Å². The molecule has 0 bridgehead atoms. The number of phenols is 1. The number of nitrogens with zero attached hydrogens (tertiary/aromatic N) is 5. The number of phenolic OH excluding ortho intramolecular Hbond substituents is 1. The summed E-state index contributed by atoms with van der Waals surface area (Å²) in [5, 5.41) is 20.1. The van der Waals surface area contributed by atoms with Gasteiger partial charge in [0.15, 0.2) is 5.65 Å². The molecule has 28 heavy (non-hydrogen) atoms. The van der Waals surface area contributed by atoms with Crippen LogP contribution in [0.1, 0.15) is 31.7 Å². The van der Waals surface area contributed by atoms with Gasteiger partial charge in [-0.1, -0.05) is 32.1 Å². The molecule has 0 atom stereocenters. The summed E-state index contributed by atoms with van der Waals surface area (Å²) < 4.78 is 39.7. The second-order valence-electron chi connectivity index (χ2n) is 5.96. The van der Waals surface area contributed by atoms with E-state index in [1.165, 1.54) is 6.07 Å². The zero-order chi connectivity index (χ0) is 20.3. The third-order valence-electron chi connectivity index (χ3n) is 4.27. The zero-order valence-corrected chi connectivity index (χ0v) is 15.5. The van der Waals surface area contributed by atoms with E-state index in [-0.39, 0.29) is 11.4 Å². The largest absolute Gasteiger partial charge is 0.508 e. The van der Waals surface area contributed by atoms with E-state index in [1.807, 2.05) is 37.0 Å². The van der Waals surface area contributed by atoms with Crippen LogP contribution in [0, 0.1) is 0 Å². The Morgan fingerprint density at radius 3 is 2.32 bits per heavy atom. The number of benzene rings is 1. The number of anilines is 1. The molecule has 3 aromatic rings. The van der Waals surface area contributed by atoms with E-state index < -0.39 is 12.0 Å². The van der Waals surface area contributed by atoms with Crippen LogP contribution in [0.15, 0.2) is 42.5 Å². The molecule has 0 aliphatic carbocycles. The Kier molecular flexibility index (Phi) is 5.53. The van der Waals surface area contributed by atoms with Crippen LogP contribution in [-0.2, 0) is 6.18 Å². The van der Waals surface area contributed by atoms with Gasteiger partial charge in [0.05, 0.1) is 0 Å². The molecule has 0 amide bonds. The van der Waals surface area contributed by atoms with Gasteiger partial charge in [0, 0.05) is 13.1 Å². The molecular formula is C19H20F3N5O. The van der Waals surface area contributed by atoms with Crippen molar-refractivity contribution in [3.8, 4) is 5.75 Å². The molecule has 0 fully saturated rings. The average Bonchev–Trinajstić information content (AvgIpc) is 3.14. The predicted molar refractivity (Wildman–Crippen MR) is 100 cm³/mol. The van der Waals surface area contributed by atoms with Gasteiger partial charge in [-0.2, -0.15) is 17.7 Å². The van der Waals surface area contributed by atoms with Crippen molar-refractivity contribution >= 4 is 17.0 Å². The van der Waals surface area contributed by atoms with E-state index in [1.54, 1.807) is 18.2 Å². The molecule has 0 spiro atoms. The Balaban J connectivity index is 0.00000109. The van der Waals surface area contributed by atoms with Crippen LogP contribution in [-0.4, -0.2) is 38.0 Å². The quantitative estimate of drug-likeness (QED) is 0.710. The topological polar surface area (TPSA) is 66.5 Å². The van der Waals surface area contributed by atoms with Crippen LogP contribution in [0.25, 0.3) is 11.2 Å². The maximum Gasteiger partial charge on any atom is 0.453 e. The maximum atomic E-state index is 13.0. The van der Waals surface area contributed by atoms with Gasteiger partial charge in [-0.3, -0.25) is 0 Å². The first kappa shape index (κ1) is 19.7. The molecular weight excluding hydrogens is 371 g/mol. The summed E-state index contributed by atoms with van der Waals surface area (Å²) in [7, 11) is 0. The van der Waals surface area contributed by atoms with E-state index in [0.717, 1.165) is 22.1 Å². The molecule has 9 heteroatoms. The van der Waals surface area contributed by atoms with Crippen LogP contribution in [0.2, 0.25) is 0 Å². The maximum absolute atomic E-state index is 13.0. The van der Waals surface area contributed by atoms with Crippen LogP contribution in [0.4, 0.5) is 19.0 Å². The summed E-state index contributed by atoms with van der Waals surface area (Å²) in [6.07, 6.45) is -1.88. The molecule has 1 N–H and O–H groups in total. The highest BCUT2D eigenvalue weighted by Crippen LogP contribution is 2.29. The lowest BCUT2D eigenvalue weighted by molar-refractivity contribution is -0.146. The van der Waals surface area contributed by atoms with Crippen molar-refractivity contribution in [1.82, 2.24) is 19.8 Å². The van der Waals surface area contributed by atoms with Gasteiger partial charge < -0.3 is 10.0 Å². The Morgan fingerprint density at radius 1 is 1.00 bits per heavy atom. The number of fused-ring (bicyclic) bond motifs is 1. The Bertz CT molecular complexity index is 979. The van der Waals surface area contributed by atoms with E-state index in [4.69, 9.17) is 0 Å². The standard InChI is InChI=1S/C17H14F3N5O.C2H6/c18-17(19,20)16-22-21-14-5-6-15(23-25(14)16)24-9-7-12(8-10-24)11-1-3-13(26)4-2-11;1-2/h1-7,26H,8-10H2;1-2H3. The molecule has 0 radical (unpaired) electrons. The average molecular weight is 391 g/mol. The third kappa shape index (κ3) is 3.92. The summed E-state index contributed by atoms with van der Waals surface area (Å²) in [4.78, 5) is 1.89. The molecule has 4 rings (SSSR count). The number of aromatic nitrogens is 4. The van der Waals surface area contributed by atoms with Crippen molar-refractivity contribution in [2.24, 2.45) is 0 Å². The van der Waals surface area contributed by atoms with E-state index in [9.17, 15) is 18.3 Å². The summed E-state index contributed by atoms with van der Waals surface area (Å²) in [6.45, 7) is 5.15. The highest BCUT2D eigenvalue weighted by molar-refractivity contribution is 5.68. The Hall–Kier alpha value is -3.10. The highest BCUT2D eigenvalue weighted by atomic mass is 19.4. The zero-order valence-electron chi connectivity index (χ0n) is 15.5. The lowest BCUT2D eigenvalue weighted by Gasteiger charge is -2.27. The van der Waals surface area contributed by atoms with Crippen molar-refractivity contribution in [1.29, 1.82) is 0 Å². The fourth-order valence-corrected chi connectivity index (χ4v) is 2.94. The van der Waals surface area contributed by atoms with Crippen molar-refractivity contribution in [3.05, 3.63) is 53.9 Å². The summed E-state index contributed by atoms with van der Waals surface area (Å²) in [5.41, 5.74) is 2.20. The predicted octanol–water partition coefficient (Wildman–Crippen LogP) is 4.17. The number of halogens is 3. The van der Waals surface area contributed by atoms with Gasteiger partial charge in [-0.15, -0.1) is 15.3 Å². The molecule has 0 unspecified atom stereocenters. The minimum absolute atomic E-state index is 0.0541. The SMILES string of the molecule is CC.Oc1ccc(C2=CCN(c3ccc4nnc(C(F)(F)F)n4n3)CC2)cc1. The number of hydrogen-bond donors (Lipinski definition) is 1. The molecule has 6 nitrogen and oxygen atoms in total. The fraction of sp³-hybridized carbons (Fsp3) is 0.316. The monoisotopic (exact) mass is 391 g/mol. The lowest BCUT2D eigenvalue weighted by atomic mass is 9.99. The third-order valence-corrected chi connectivity index (χ3v) is 4.27. The second kappa shape index (κ2) is 7.87. The second-order valence-corrected chi connectivity index (χ2v) is 5.96. The van der Waals surface area contributed by atoms with Gasteiger partial charge >= 0.3 is 6.18 Å². The molecule has 1 aliphatic rings. The molecule has 2 aromatic heterocycles. The normalized spacial score (nSPS) is 14.5. The van der Waals surface area contributed by atoms with Crippen LogP contribution in [0.3, 0.4) is 0 Å². The summed E-state index contributed by atoms with van der Waals surface area (Å²) in [6, 6.07) is 10.1. The summed E-state index contributed by atoms with van der Waals surface area (Å²) in [5.74, 6) is -0.491. The first-order valence-corrected chi connectivity index (χ1v) is 8.95. The van der Waals surface area contributed by atoms with Crippen molar-refractivity contribution in [2.75, 3.05) is 18.0 Å². The highest BCUT2D eigenvalue weighted by Gasteiger charge is 2.37. The molecule has 3 heterocycles. The smallest absolute Gasteiger partial charge is 0.453 e. The number of alkyl halides is 3. The van der Waals surface area contributed by atoms with Gasteiger partial charge in [-0.05, 0) is 41.8 Å². The Labute approximate surface area is 159 Å². The van der Waals surface area contributed by atoms with E-state index in [2.05, 4.69) is 15.3 Å². The number of hydrogen-bond acceptors (Lipinski definition) is 5. The lowest BCUT2D eigenvalue weighted by Crippen LogP contribution is -2.29. The molecule has 148 valence electrons. The van der Waals surface area contributed by atoms with Crippen molar-refractivity contribution < 1.29 is 18.3 Å². The van der Waals surface area contributed by atoms with Crippen LogP contribution >= 0.6 is 0 Å². The molecule has 0 saturated heterocycles. The van der Waals surface area contributed by atoms with Crippen molar-refractivity contribution in [3.63, 3.8) is 0 Å².